The van der Waals surface area contributed by atoms with E-state index in [1.165, 1.54) is 12.1 Å². The van der Waals surface area contributed by atoms with E-state index in [9.17, 15) is 26.3 Å². The minimum Gasteiger partial charge on any atom is -0.248 e. The average molecular weight is 411 g/mol. The lowest BCUT2D eigenvalue weighted by molar-refractivity contribution is -0.223. The maximum atomic E-state index is 14.2. The van der Waals surface area contributed by atoms with Gasteiger partial charge in [-0.3, -0.25) is 0 Å². The fraction of sp³-hybridized carbons (Fsp3) is 0.318. The molecule has 0 radical (unpaired) electrons. The summed E-state index contributed by atoms with van der Waals surface area (Å²) in [5.74, 6) is -3.32. The summed E-state index contributed by atoms with van der Waals surface area (Å²) in [5.41, 5.74) is 4.34. The molecule has 2 atom stereocenters. The lowest BCUT2D eigenvalue weighted by atomic mass is 9.94. The third-order valence-electron chi connectivity index (χ3n) is 4.79. The third-order valence-corrected chi connectivity index (χ3v) is 4.79. The van der Waals surface area contributed by atoms with Crippen LogP contribution in [0.15, 0.2) is 48.5 Å². The Morgan fingerprint density at radius 2 is 1.55 bits per heavy atom. The fourth-order valence-corrected chi connectivity index (χ4v) is 3.52. The maximum absolute atomic E-state index is 14.2. The van der Waals surface area contributed by atoms with E-state index in [1.54, 1.807) is 18.2 Å². The fourth-order valence-electron chi connectivity index (χ4n) is 3.52. The number of hydrogen-bond donors (Lipinski definition) is 0. The van der Waals surface area contributed by atoms with Crippen LogP contribution in [-0.2, 0) is 6.42 Å². The molecule has 2 unspecified atom stereocenters. The normalized spacial score (nSPS) is 14.4. The Kier molecular flexibility index (Phi) is 5.87. The number of hydrogen-bond acceptors (Lipinski definition) is 1. The molecule has 1 heterocycles. The summed E-state index contributed by atoms with van der Waals surface area (Å²) in [6.07, 6.45) is -12.7. The summed E-state index contributed by atoms with van der Waals surface area (Å²) in [4.78, 5) is 4.53. The van der Waals surface area contributed by atoms with Gasteiger partial charge >= 0.3 is 6.18 Å². The molecule has 0 aliphatic carbocycles. The van der Waals surface area contributed by atoms with Gasteiger partial charge in [0.25, 0.3) is 6.43 Å². The number of nitrogens with zero attached hydrogens (tertiary/aromatic N) is 1. The van der Waals surface area contributed by atoms with Crippen molar-refractivity contribution in [2.45, 2.75) is 39.0 Å². The third kappa shape index (κ3) is 4.71. The minimum atomic E-state index is -5.31. The summed E-state index contributed by atoms with van der Waals surface area (Å²) in [6.45, 7) is 3.91. The van der Waals surface area contributed by atoms with Crippen molar-refractivity contribution in [2.24, 2.45) is 5.92 Å². The second-order valence-corrected chi connectivity index (χ2v) is 7.18. The monoisotopic (exact) mass is 411 g/mol. The lowest BCUT2D eigenvalue weighted by Crippen LogP contribution is -2.38. The van der Waals surface area contributed by atoms with Crippen molar-refractivity contribution >= 4 is 10.9 Å². The highest BCUT2D eigenvalue weighted by Gasteiger charge is 2.51. The molecule has 1 aromatic heterocycles. The van der Waals surface area contributed by atoms with E-state index in [0.29, 0.717) is 16.6 Å². The highest BCUT2D eigenvalue weighted by Crippen LogP contribution is 2.37. The molecule has 1 nitrogen and oxygen atoms in total. The molecule has 0 bridgehead atoms. The average Bonchev–Trinajstić information content (AvgIpc) is 2.59. The molecule has 0 amide bonds. The van der Waals surface area contributed by atoms with E-state index in [-0.39, 0.29) is 5.56 Å². The zero-order valence-corrected chi connectivity index (χ0v) is 15.8. The van der Waals surface area contributed by atoms with Crippen LogP contribution in [0.2, 0.25) is 0 Å². The Balaban J connectivity index is 1.96. The van der Waals surface area contributed by atoms with Gasteiger partial charge in [0.2, 0.25) is 0 Å². The van der Waals surface area contributed by atoms with E-state index in [4.69, 9.17) is 0 Å². The Hall–Kier alpha value is -2.57. The Labute approximate surface area is 164 Å². The summed E-state index contributed by atoms with van der Waals surface area (Å²) in [6, 6.07) is 13.9. The molecule has 0 spiro atoms. The number of benzene rings is 2. The van der Waals surface area contributed by atoms with Crippen molar-refractivity contribution in [1.82, 2.24) is 4.98 Å². The van der Waals surface area contributed by atoms with E-state index in [1.807, 2.05) is 32.0 Å². The molecule has 0 N–H and O–H groups in total. The standard InChI is InChI=1S/C22H19F6N/c1-12-8-13(2)10-15(9-12)18-7-6-16-14(4-3-5-19(16)29-18)11-17(23)20(21(24)25)22(26,27)28/h3-10,17,20-21H,11H2,1-2H3. The van der Waals surface area contributed by atoms with E-state index >= 15 is 0 Å². The molecular weight excluding hydrogens is 392 g/mol. The lowest BCUT2D eigenvalue weighted by Gasteiger charge is -2.23. The topological polar surface area (TPSA) is 12.9 Å². The number of halogens is 6. The van der Waals surface area contributed by atoms with Gasteiger partial charge in [-0.2, -0.15) is 13.2 Å². The number of aryl methyl sites for hydroxylation is 2. The highest BCUT2D eigenvalue weighted by molar-refractivity contribution is 5.84. The van der Waals surface area contributed by atoms with Gasteiger partial charge < -0.3 is 0 Å². The van der Waals surface area contributed by atoms with Gasteiger partial charge in [-0.05, 0) is 43.7 Å². The number of rotatable bonds is 5. The van der Waals surface area contributed by atoms with Crippen LogP contribution >= 0.6 is 0 Å². The van der Waals surface area contributed by atoms with Crippen LogP contribution in [0.1, 0.15) is 16.7 Å². The molecule has 29 heavy (non-hydrogen) atoms. The van der Waals surface area contributed by atoms with Gasteiger partial charge in [0.05, 0.1) is 11.2 Å². The quantitative estimate of drug-likeness (QED) is 0.419. The van der Waals surface area contributed by atoms with Crippen molar-refractivity contribution < 1.29 is 26.3 Å². The first-order valence-electron chi connectivity index (χ1n) is 9.02. The van der Waals surface area contributed by atoms with Crippen LogP contribution in [0.5, 0.6) is 0 Å². The molecule has 7 heteroatoms. The second kappa shape index (κ2) is 8.05. The molecule has 0 fully saturated rings. The molecule has 154 valence electrons. The predicted molar refractivity (Wildman–Crippen MR) is 101 cm³/mol. The number of alkyl halides is 6. The van der Waals surface area contributed by atoms with Gasteiger partial charge in [-0.15, -0.1) is 0 Å². The molecule has 0 aliphatic rings. The molecule has 2 aromatic carbocycles. The smallest absolute Gasteiger partial charge is 0.248 e. The predicted octanol–water partition coefficient (Wildman–Crippen LogP) is 6.84. The van der Waals surface area contributed by atoms with Gasteiger partial charge in [-0.25, -0.2) is 18.2 Å². The first kappa shape index (κ1) is 21.1. The van der Waals surface area contributed by atoms with E-state index in [0.717, 1.165) is 16.7 Å². The zero-order chi connectivity index (χ0) is 21.3. The van der Waals surface area contributed by atoms with Crippen LogP contribution < -0.4 is 0 Å². The van der Waals surface area contributed by atoms with Crippen LogP contribution in [0, 0.1) is 19.8 Å². The maximum Gasteiger partial charge on any atom is 0.400 e. The zero-order valence-electron chi connectivity index (χ0n) is 15.8. The van der Waals surface area contributed by atoms with Crippen molar-refractivity contribution in [2.75, 3.05) is 0 Å². The summed E-state index contributed by atoms with van der Waals surface area (Å²) < 4.78 is 78.3. The molecule has 3 rings (SSSR count). The Bertz CT molecular complexity index is 992. The molecule has 0 saturated carbocycles. The number of aromatic nitrogens is 1. The molecule has 0 saturated heterocycles. The first-order valence-corrected chi connectivity index (χ1v) is 9.02. The molecular formula is C22H19F6N. The van der Waals surface area contributed by atoms with E-state index < -0.39 is 31.1 Å². The number of fused-ring (bicyclic) bond motifs is 1. The molecule has 0 aliphatic heterocycles. The minimum absolute atomic E-state index is 0.212. The van der Waals surface area contributed by atoms with E-state index in [2.05, 4.69) is 4.98 Å². The summed E-state index contributed by atoms with van der Waals surface area (Å²) in [5, 5.41) is 0.443. The van der Waals surface area contributed by atoms with Crippen molar-refractivity contribution in [3.8, 4) is 11.3 Å². The van der Waals surface area contributed by atoms with Gasteiger partial charge in [0.1, 0.15) is 12.1 Å². The SMILES string of the molecule is Cc1cc(C)cc(-c2ccc3c(CC(F)C(C(F)F)C(F)(F)F)cccc3n2)c1. The van der Waals surface area contributed by atoms with Crippen LogP contribution in [0.3, 0.4) is 0 Å². The Morgan fingerprint density at radius 3 is 2.14 bits per heavy atom. The second-order valence-electron chi connectivity index (χ2n) is 7.18. The van der Waals surface area contributed by atoms with Gasteiger partial charge in [0, 0.05) is 17.4 Å². The van der Waals surface area contributed by atoms with Crippen molar-refractivity contribution in [1.29, 1.82) is 0 Å². The van der Waals surface area contributed by atoms with Crippen LogP contribution in [0.4, 0.5) is 26.3 Å². The largest absolute Gasteiger partial charge is 0.400 e. The first-order chi connectivity index (χ1) is 13.6. The van der Waals surface area contributed by atoms with Gasteiger partial charge in [-0.1, -0.05) is 35.4 Å². The van der Waals surface area contributed by atoms with Crippen LogP contribution in [-0.4, -0.2) is 23.8 Å². The van der Waals surface area contributed by atoms with Crippen molar-refractivity contribution in [3.05, 3.63) is 65.2 Å². The number of pyridine rings is 1. The van der Waals surface area contributed by atoms with Crippen molar-refractivity contribution in [3.63, 3.8) is 0 Å². The summed E-state index contributed by atoms with van der Waals surface area (Å²) in [7, 11) is 0. The van der Waals surface area contributed by atoms with Gasteiger partial charge in [0.15, 0.2) is 0 Å². The summed E-state index contributed by atoms with van der Waals surface area (Å²) >= 11 is 0. The Morgan fingerprint density at radius 1 is 0.897 bits per heavy atom. The highest BCUT2D eigenvalue weighted by atomic mass is 19.4. The van der Waals surface area contributed by atoms with Crippen LogP contribution in [0.25, 0.3) is 22.2 Å². The molecule has 3 aromatic rings.